The Hall–Kier alpha value is 0.299. The van der Waals surface area contributed by atoms with Gasteiger partial charge in [-0.1, -0.05) is 0 Å². The monoisotopic (exact) mass is 340 g/mol. The zero-order valence-electron chi connectivity index (χ0n) is 10.3. The van der Waals surface area contributed by atoms with Gasteiger partial charge in [-0.25, -0.2) is 0 Å². The number of alkyl halides is 1. The molecule has 4 heteroatoms. The van der Waals surface area contributed by atoms with Gasteiger partial charge in [0.2, 0.25) is 0 Å². The van der Waals surface area contributed by atoms with Crippen molar-refractivity contribution in [2.24, 2.45) is 0 Å². The van der Waals surface area contributed by atoms with Crippen molar-refractivity contribution < 1.29 is 9.53 Å². The standard InChI is InChI=1S/C8H12ClO2.3CH3.Sn/c1-3-7(5-4-6-9)8(10)11-2;;;;/h4-6H2,1-2H3;3*1H3;. The average Bonchev–Trinajstić information content (AvgIpc) is 2.16. The molecule has 0 aliphatic heterocycles. The van der Waals surface area contributed by atoms with Gasteiger partial charge in [-0.3, -0.25) is 0 Å². The normalized spacial score (nSPS) is 13.5. The fourth-order valence-electron chi connectivity index (χ4n) is 1.26. The van der Waals surface area contributed by atoms with Crippen LogP contribution in [0.25, 0.3) is 0 Å². The molecule has 0 saturated heterocycles. The summed E-state index contributed by atoms with van der Waals surface area (Å²) in [6.45, 7) is 2.08. The first-order chi connectivity index (χ1) is 6.84. The SMILES string of the molecule is COC(=O)/C(CCCCl)=[C](\C)[Sn]([CH3])([CH3])[CH3]. The zero-order valence-corrected chi connectivity index (χ0v) is 13.9. The van der Waals surface area contributed by atoms with E-state index in [-0.39, 0.29) is 5.97 Å². The minimum atomic E-state index is -2.14. The summed E-state index contributed by atoms with van der Waals surface area (Å²) >= 11 is 3.51. The molecular weight excluding hydrogens is 318 g/mol. The van der Waals surface area contributed by atoms with Crippen LogP contribution in [0.1, 0.15) is 19.8 Å². The second-order valence-electron chi connectivity index (χ2n) is 4.64. The van der Waals surface area contributed by atoms with Gasteiger partial charge < -0.3 is 0 Å². The number of allylic oxidation sites excluding steroid dienone is 1. The molecule has 0 amide bonds. The van der Waals surface area contributed by atoms with Crippen molar-refractivity contribution >= 4 is 35.9 Å². The van der Waals surface area contributed by atoms with Crippen LogP contribution >= 0.6 is 11.6 Å². The van der Waals surface area contributed by atoms with Gasteiger partial charge in [0, 0.05) is 0 Å². The molecule has 0 spiro atoms. The topological polar surface area (TPSA) is 26.3 Å². The Morgan fingerprint density at radius 1 is 1.33 bits per heavy atom. The number of methoxy groups -OCH3 is 1. The Labute approximate surface area is 102 Å². The van der Waals surface area contributed by atoms with Crippen LogP contribution < -0.4 is 0 Å². The third kappa shape index (κ3) is 5.25. The fourth-order valence-corrected chi connectivity index (χ4v) is 4.63. The number of ether oxygens (including phenoxy) is 1. The van der Waals surface area contributed by atoms with Crippen LogP contribution in [0.4, 0.5) is 0 Å². The predicted molar refractivity (Wildman–Crippen MR) is 68.0 cm³/mol. The van der Waals surface area contributed by atoms with Crippen LogP contribution in [0.2, 0.25) is 14.8 Å². The second kappa shape index (κ2) is 6.79. The van der Waals surface area contributed by atoms with E-state index in [2.05, 4.69) is 21.7 Å². The van der Waals surface area contributed by atoms with E-state index < -0.39 is 18.4 Å². The number of rotatable bonds is 5. The molecule has 0 N–H and O–H groups in total. The molecule has 88 valence electrons. The van der Waals surface area contributed by atoms with Crippen LogP contribution in [0, 0.1) is 0 Å². The molecule has 0 aromatic rings. The van der Waals surface area contributed by atoms with E-state index in [1.807, 2.05) is 0 Å². The molecule has 0 aliphatic rings. The van der Waals surface area contributed by atoms with Crippen molar-refractivity contribution in [2.75, 3.05) is 13.0 Å². The first kappa shape index (κ1) is 15.3. The molecule has 0 aromatic heterocycles. The molecule has 0 rings (SSSR count). The first-order valence-corrected chi connectivity index (χ1v) is 15.7. The Morgan fingerprint density at radius 2 is 1.87 bits per heavy atom. The number of carbonyl (C=O) groups is 1. The molecule has 0 saturated carbocycles. The molecule has 0 bridgehead atoms. The number of hydrogen-bond donors (Lipinski definition) is 0. The molecule has 0 fully saturated rings. The average molecular weight is 339 g/mol. The predicted octanol–water partition coefficient (Wildman–Crippen LogP) is 3.37. The summed E-state index contributed by atoms with van der Waals surface area (Å²) in [5, 5.41) is 0. The minimum absolute atomic E-state index is 0.177. The summed E-state index contributed by atoms with van der Waals surface area (Å²) in [4.78, 5) is 18.5. The maximum absolute atomic E-state index is 11.6. The van der Waals surface area contributed by atoms with E-state index in [0.717, 1.165) is 18.4 Å². The maximum atomic E-state index is 11.6. The molecule has 0 atom stereocenters. The quantitative estimate of drug-likeness (QED) is 0.332. The Kier molecular flexibility index (Phi) is 6.93. The van der Waals surface area contributed by atoms with Crippen molar-refractivity contribution in [2.45, 2.75) is 34.6 Å². The Bertz CT molecular complexity index is 254. The Morgan fingerprint density at radius 3 is 2.20 bits per heavy atom. The summed E-state index contributed by atoms with van der Waals surface area (Å²) in [7, 11) is 1.44. The third-order valence-corrected chi connectivity index (χ3v) is 10.1. The van der Waals surface area contributed by atoms with E-state index in [1.165, 1.54) is 10.7 Å². The summed E-state index contributed by atoms with van der Waals surface area (Å²) < 4.78 is 6.11. The van der Waals surface area contributed by atoms with Gasteiger partial charge in [0.25, 0.3) is 0 Å². The molecule has 2 nitrogen and oxygen atoms in total. The van der Waals surface area contributed by atoms with Crippen LogP contribution in [0.3, 0.4) is 0 Å². The first-order valence-electron chi connectivity index (χ1n) is 5.19. The number of carbonyl (C=O) groups excluding carboxylic acids is 1. The number of hydrogen-bond acceptors (Lipinski definition) is 2. The fraction of sp³-hybridized carbons (Fsp3) is 0.727. The second-order valence-corrected chi connectivity index (χ2v) is 20.0. The van der Waals surface area contributed by atoms with Gasteiger partial charge in [-0.05, 0) is 0 Å². The van der Waals surface area contributed by atoms with Crippen molar-refractivity contribution in [1.82, 2.24) is 0 Å². The van der Waals surface area contributed by atoms with Crippen molar-refractivity contribution in [3.63, 3.8) is 0 Å². The van der Waals surface area contributed by atoms with Crippen LogP contribution in [0.15, 0.2) is 9.16 Å². The molecule has 0 radical (unpaired) electrons. The zero-order chi connectivity index (χ0) is 12.1. The van der Waals surface area contributed by atoms with E-state index >= 15 is 0 Å². The Balaban J connectivity index is 4.98. The number of halogens is 1. The molecular formula is C11H21ClO2Sn. The molecule has 0 aliphatic carbocycles. The van der Waals surface area contributed by atoms with Gasteiger partial charge in [0.15, 0.2) is 0 Å². The van der Waals surface area contributed by atoms with Gasteiger partial charge in [0.05, 0.1) is 0 Å². The van der Waals surface area contributed by atoms with E-state index in [1.54, 1.807) is 0 Å². The number of esters is 1. The van der Waals surface area contributed by atoms with Crippen molar-refractivity contribution in [3.8, 4) is 0 Å². The van der Waals surface area contributed by atoms with Crippen LogP contribution in [0.5, 0.6) is 0 Å². The summed E-state index contributed by atoms with van der Waals surface area (Å²) in [5.74, 6) is 0.414. The molecule has 15 heavy (non-hydrogen) atoms. The van der Waals surface area contributed by atoms with Crippen LogP contribution in [-0.2, 0) is 9.53 Å². The van der Waals surface area contributed by atoms with E-state index in [9.17, 15) is 4.79 Å². The molecule has 0 aromatic carbocycles. The van der Waals surface area contributed by atoms with Crippen LogP contribution in [-0.4, -0.2) is 37.3 Å². The van der Waals surface area contributed by atoms with Gasteiger partial charge in [-0.2, -0.15) is 0 Å². The van der Waals surface area contributed by atoms with Gasteiger partial charge in [-0.15, -0.1) is 0 Å². The summed E-state index contributed by atoms with van der Waals surface area (Å²) in [6, 6.07) is 0. The molecule has 0 heterocycles. The third-order valence-electron chi connectivity index (χ3n) is 2.57. The van der Waals surface area contributed by atoms with E-state index in [0.29, 0.717) is 5.88 Å². The molecule has 0 unspecified atom stereocenters. The van der Waals surface area contributed by atoms with E-state index in [4.69, 9.17) is 16.3 Å². The summed E-state index contributed by atoms with van der Waals surface area (Å²) in [6.07, 6.45) is 1.58. The van der Waals surface area contributed by atoms with Gasteiger partial charge >= 0.3 is 102 Å². The summed E-state index contributed by atoms with van der Waals surface area (Å²) in [5.41, 5.74) is 0.862. The van der Waals surface area contributed by atoms with Crippen molar-refractivity contribution in [1.29, 1.82) is 0 Å². The van der Waals surface area contributed by atoms with Gasteiger partial charge in [0.1, 0.15) is 0 Å². The van der Waals surface area contributed by atoms with Crippen molar-refractivity contribution in [3.05, 3.63) is 9.16 Å².